The molecular formula is C19H17N3O5S2. The summed E-state index contributed by atoms with van der Waals surface area (Å²) < 4.78 is 32.4. The van der Waals surface area contributed by atoms with E-state index in [2.05, 4.69) is 10.3 Å². The Kier molecular flexibility index (Phi) is 5.07. The van der Waals surface area contributed by atoms with Crippen molar-refractivity contribution in [1.29, 1.82) is 0 Å². The minimum absolute atomic E-state index is 0.120. The summed E-state index contributed by atoms with van der Waals surface area (Å²) in [6.45, 7) is 1.90. The second-order valence-corrected chi connectivity index (χ2v) is 9.51. The lowest BCUT2D eigenvalue weighted by Gasteiger charge is -2.25. The maximum Gasteiger partial charge on any atom is 0.293 e. The third-order valence-electron chi connectivity index (χ3n) is 4.56. The molecule has 0 unspecified atom stereocenters. The van der Waals surface area contributed by atoms with Gasteiger partial charge in [0.1, 0.15) is 0 Å². The third kappa shape index (κ3) is 3.86. The molecule has 0 radical (unpaired) electrons. The number of benzene rings is 1. The number of sulfonamides is 1. The molecule has 0 fully saturated rings. The normalized spacial score (nSPS) is 14.4. The van der Waals surface area contributed by atoms with E-state index in [9.17, 15) is 18.0 Å². The van der Waals surface area contributed by atoms with Crippen LogP contribution in [0.15, 0.2) is 52.0 Å². The van der Waals surface area contributed by atoms with Crippen LogP contribution in [0.3, 0.4) is 0 Å². The molecule has 0 atom stereocenters. The largest absolute Gasteiger partial charge is 0.459 e. The van der Waals surface area contributed by atoms with Crippen molar-refractivity contribution in [2.24, 2.45) is 0 Å². The first-order chi connectivity index (χ1) is 13.8. The van der Waals surface area contributed by atoms with Crippen LogP contribution in [-0.2, 0) is 23.0 Å². The molecule has 8 nitrogen and oxygen atoms in total. The van der Waals surface area contributed by atoms with Crippen molar-refractivity contribution in [3.63, 3.8) is 0 Å². The van der Waals surface area contributed by atoms with Gasteiger partial charge >= 0.3 is 0 Å². The lowest BCUT2D eigenvalue weighted by molar-refractivity contribution is 0.0993. The lowest BCUT2D eigenvalue weighted by atomic mass is 10.2. The molecule has 4 rings (SSSR count). The number of carbonyl (C=O) groups is 2. The van der Waals surface area contributed by atoms with E-state index in [0.29, 0.717) is 23.7 Å². The van der Waals surface area contributed by atoms with E-state index in [1.165, 1.54) is 53.1 Å². The minimum Gasteiger partial charge on any atom is -0.459 e. The lowest BCUT2D eigenvalue weighted by Crippen LogP contribution is -2.35. The summed E-state index contributed by atoms with van der Waals surface area (Å²) in [4.78, 5) is 28.8. The number of furan rings is 1. The smallest absolute Gasteiger partial charge is 0.293 e. The van der Waals surface area contributed by atoms with E-state index in [1.54, 1.807) is 12.1 Å². The van der Waals surface area contributed by atoms with Crippen LogP contribution < -0.4 is 5.32 Å². The van der Waals surface area contributed by atoms with Gasteiger partial charge in [-0.3, -0.25) is 14.9 Å². The summed E-state index contributed by atoms with van der Waals surface area (Å²) in [5, 5.41) is 3.08. The van der Waals surface area contributed by atoms with Crippen LogP contribution in [0, 0.1) is 0 Å². The summed E-state index contributed by atoms with van der Waals surface area (Å²) in [6.07, 6.45) is 1.86. The molecule has 0 spiro atoms. The first-order valence-corrected chi connectivity index (χ1v) is 11.0. The molecule has 0 saturated heterocycles. The zero-order chi connectivity index (χ0) is 20.6. The van der Waals surface area contributed by atoms with E-state index in [0.717, 1.165) is 10.6 Å². The number of hydrogen-bond acceptors (Lipinski definition) is 7. The molecule has 2 aromatic heterocycles. The highest BCUT2D eigenvalue weighted by atomic mass is 32.2. The number of ketones is 1. The minimum atomic E-state index is -3.70. The molecule has 3 aromatic rings. The maximum atomic E-state index is 13.0. The standard InChI is InChI=1S/C19H17N3O5S2/c1-12(23)13-4-6-14(7-5-13)29(25,26)22-9-8-15-17(11-22)28-19(20-15)21-18(24)16-3-2-10-27-16/h2-7,10H,8-9,11H2,1H3,(H,20,21,24). The average Bonchev–Trinajstić information content (AvgIpc) is 3.37. The van der Waals surface area contributed by atoms with Crippen molar-refractivity contribution in [2.45, 2.75) is 24.8 Å². The second kappa shape index (κ2) is 7.54. The predicted molar refractivity (Wildman–Crippen MR) is 107 cm³/mol. The van der Waals surface area contributed by atoms with Crippen molar-refractivity contribution in [1.82, 2.24) is 9.29 Å². The number of rotatable bonds is 5. The summed E-state index contributed by atoms with van der Waals surface area (Å²) in [5.74, 6) is -0.349. The van der Waals surface area contributed by atoms with E-state index < -0.39 is 15.9 Å². The van der Waals surface area contributed by atoms with Crippen LogP contribution in [0.1, 0.15) is 38.4 Å². The Labute approximate surface area is 171 Å². The first kappa shape index (κ1) is 19.5. The molecule has 1 aliphatic heterocycles. The van der Waals surface area contributed by atoms with Crippen molar-refractivity contribution < 1.29 is 22.4 Å². The van der Waals surface area contributed by atoms with Crippen molar-refractivity contribution in [3.05, 3.63) is 64.6 Å². The Balaban J connectivity index is 1.51. The second-order valence-electron chi connectivity index (χ2n) is 6.49. The van der Waals surface area contributed by atoms with Gasteiger partial charge in [-0.1, -0.05) is 12.1 Å². The fraction of sp³-hybridized carbons (Fsp3) is 0.211. The summed E-state index contributed by atoms with van der Waals surface area (Å²) in [6, 6.07) is 9.09. The highest BCUT2D eigenvalue weighted by molar-refractivity contribution is 7.89. The monoisotopic (exact) mass is 431 g/mol. The highest BCUT2D eigenvalue weighted by Gasteiger charge is 2.30. The number of Topliss-reactive ketones (excluding diaryl/α,β-unsaturated/α-hetero) is 1. The Morgan fingerprint density at radius 3 is 2.62 bits per heavy atom. The number of aromatic nitrogens is 1. The summed E-state index contributed by atoms with van der Waals surface area (Å²) >= 11 is 1.25. The molecule has 1 aliphatic rings. The van der Waals surface area contributed by atoms with Crippen LogP contribution >= 0.6 is 11.3 Å². The molecule has 3 heterocycles. The average molecular weight is 431 g/mol. The number of carbonyl (C=O) groups excluding carboxylic acids is 2. The zero-order valence-corrected chi connectivity index (χ0v) is 17.0. The van der Waals surface area contributed by atoms with Crippen molar-refractivity contribution >= 4 is 38.2 Å². The number of hydrogen-bond donors (Lipinski definition) is 1. The van der Waals surface area contributed by atoms with Crippen LogP contribution in [0.4, 0.5) is 5.13 Å². The zero-order valence-electron chi connectivity index (χ0n) is 15.4. The molecular weight excluding hydrogens is 414 g/mol. The molecule has 150 valence electrons. The number of nitrogens with one attached hydrogen (secondary N) is 1. The molecule has 1 N–H and O–H groups in total. The van der Waals surface area contributed by atoms with Crippen LogP contribution in [0.2, 0.25) is 0 Å². The molecule has 0 saturated carbocycles. The van der Waals surface area contributed by atoms with Gasteiger partial charge in [0.25, 0.3) is 5.91 Å². The fourth-order valence-corrected chi connectivity index (χ4v) is 5.52. The van der Waals surface area contributed by atoms with Gasteiger partial charge in [-0.15, -0.1) is 11.3 Å². The van der Waals surface area contributed by atoms with E-state index in [1.807, 2.05) is 0 Å². The number of amides is 1. The van der Waals surface area contributed by atoms with Crippen LogP contribution in [-0.4, -0.2) is 35.9 Å². The van der Waals surface area contributed by atoms with Gasteiger partial charge in [0.05, 0.1) is 23.4 Å². The van der Waals surface area contributed by atoms with E-state index in [-0.39, 0.29) is 23.0 Å². The quantitative estimate of drug-likeness (QED) is 0.622. The molecule has 1 amide bonds. The van der Waals surface area contributed by atoms with Gasteiger partial charge < -0.3 is 4.42 Å². The molecule has 1 aromatic carbocycles. The van der Waals surface area contributed by atoms with Crippen LogP contribution in [0.25, 0.3) is 0 Å². The Morgan fingerprint density at radius 1 is 1.21 bits per heavy atom. The van der Waals surface area contributed by atoms with Gasteiger partial charge in [-0.2, -0.15) is 4.31 Å². The highest BCUT2D eigenvalue weighted by Crippen LogP contribution is 2.31. The van der Waals surface area contributed by atoms with Crippen molar-refractivity contribution in [2.75, 3.05) is 11.9 Å². The maximum absolute atomic E-state index is 13.0. The summed E-state index contributed by atoms with van der Waals surface area (Å²) in [7, 11) is -3.70. The molecule has 0 aliphatic carbocycles. The van der Waals surface area contributed by atoms with Gasteiger partial charge in [0, 0.05) is 23.4 Å². The third-order valence-corrected chi connectivity index (χ3v) is 7.42. The number of fused-ring (bicyclic) bond motifs is 1. The van der Waals surface area contributed by atoms with Gasteiger partial charge in [0.2, 0.25) is 10.0 Å². The van der Waals surface area contributed by atoms with Crippen molar-refractivity contribution in [3.8, 4) is 0 Å². The van der Waals surface area contributed by atoms with Gasteiger partial charge in [-0.05, 0) is 31.2 Å². The van der Waals surface area contributed by atoms with E-state index in [4.69, 9.17) is 4.42 Å². The van der Waals surface area contributed by atoms with Gasteiger partial charge in [-0.25, -0.2) is 13.4 Å². The molecule has 29 heavy (non-hydrogen) atoms. The Hall–Kier alpha value is -2.82. The number of thiazole rings is 1. The SMILES string of the molecule is CC(=O)c1ccc(S(=O)(=O)N2CCc3nc(NC(=O)c4ccco4)sc3C2)cc1. The number of anilines is 1. The van der Waals surface area contributed by atoms with Crippen LogP contribution in [0.5, 0.6) is 0 Å². The molecule has 0 bridgehead atoms. The summed E-state index contributed by atoms with van der Waals surface area (Å²) in [5.41, 5.74) is 1.24. The first-order valence-electron chi connectivity index (χ1n) is 8.79. The topological polar surface area (TPSA) is 110 Å². The van der Waals surface area contributed by atoms with Gasteiger partial charge in [0.15, 0.2) is 16.7 Å². The van der Waals surface area contributed by atoms with E-state index >= 15 is 0 Å². The fourth-order valence-electron chi connectivity index (χ4n) is 3.01. The predicted octanol–water partition coefficient (Wildman–Crippen LogP) is 2.94. The Bertz CT molecular complexity index is 1170. The molecule has 10 heteroatoms. The number of nitrogens with zero attached hydrogens (tertiary/aromatic N) is 2. The Morgan fingerprint density at radius 2 is 1.97 bits per heavy atom.